The monoisotopic (exact) mass is 220 g/mol. The lowest BCUT2D eigenvalue weighted by Crippen LogP contribution is -1.92. The van der Waals surface area contributed by atoms with E-state index >= 15 is 0 Å². The number of nitrogens with one attached hydrogen (secondary N) is 2. The fourth-order valence-corrected chi connectivity index (χ4v) is 1.52. The van der Waals surface area contributed by atoms with E-state index in [-0.39, 0.29) is 0 Å². The van der Waals surface area contributed by atoms with E-state index < -0.39 is 0 Å². The fraction of sp³-hybridized carbons (Fsp3) is 0. The second-order valence-corrected chi connectivity index (χ2v) is 3.25. The molecular formula is C8H5ClN6. The van der Waals surface area contributed by atoms with Gasteiger partial charge in [0.1, 0.15) is 11.0 Å². The standard InChI is InChI=1S/C8H5ClN6/c9-6-5-4(3-12-15-5)13-8(14-6)7-10-1-2-11-7/h1-3H,(H,10,11)(H,12,15). The molecule has 3 heterocycles. The molecule has 7 heteroatoms. The highest BCUT2D eigenvalue weighted by Crippen LogP contribution is 2.20. The molecule has 0 amide bonds. The van der Waals surface area contributed by atoms with Crippen molar-refractivity contribution in [3.8, 4) is 11.6 Å². The van der Waals surface area contributed by atoms with Crippen LogP contribution in [0.2, 0.25) is 5.15 Å². The molecule has 0 bridgehead atoms. The quantitative estimate of drug-likeness (QED) is 0.607. The van der Waals surface area contributed by atoms with Gasteiger partial charge in [0.25, 0.3) is 0 Å². The summed E-state index contributed by atoms with van der Waals surface area (Å²) < 4.78 is 0. The summed E-state index contributed by atoms with van der Waals surface area (Å²) in [6, 6.07) is 0. The number of fused-ring (bicyclic) bond motifs is 1. The summed E-state index contributed by atoms with van der Waals surface area (Å²) in [5.74, 6) is 1.04. The number of hydrogen-bond acceptors (Lipinski definition) is 4. The molecule has 0 aromatic carbocycles. The topological polar surface area (TPSA) is 83.1 Å². The van der Waals surface area contributed by atoms with Crippen molar-refractivity contribution in [1.82, 2.24) is 30.1 Å². The molecule has 0 spiro atoms. The normalized spacial score (nSPS) is 11.0. The third kappa shape index (κ3) is 1.26. The Hall–Kier alpha value is -1.95. The zero-order valence-electron chi connectivity index (χ0n) is 7.40. The molecule has 15 heavy (non-hydrogen) atoms. The maximum atomic E-state index is 5.95. The summed E-state index contributed by atoms with van der Waals surface area (Å²) >= 11 is 5.95. The van der Waals surface area contributed by atoms with Gasteiger partial charge >= 0.3 is 0 Å². The number of hydrogen-bond donors (Lipinski definition) is 2. The molecule has 74 valence electrons. The molecule has 0 fully saturated rings. The predicted molar refractivity (Wildman–Crippen MR) is 54.3 cm³/mol. The Morgan fingerprint density at radius 1 is 1.27 bits per heavy atom. The van der Waals surface area contributed by atoms with Crippen LogP contribution >= 0.6 is 11.6 Å². The van der Waals surface area contributed by atoms with E-state index in [0.717, 1.165) is 0 Å². The Kier molecular flexibility index (Phi) is 1.69. The van der Waals surface area contributed by atoms with Gasteiger partial charge in [-0.15, -0.1) is 0 Å². The van der Waals surface area contributed by atoms with Crippen molar-refractivity contribution in [2.24, 2.45) is 0 Å². The van der Waals surface area contributed by atoms with Crippen LogP contribution in [0.4, 0.5) is 0 Å². The number of aromatic amines is 2. The average molecular weight is 221 g/mol. The highest BCUT2D eigenvalue weighted by atomic mass is 35.5. The van der Waals surface area contributed by atoms with Gasteiger partial charge in [-0.1, -0.05) is 11.6 Å². The first-order valence-electron chi connectivity index (χ1n) is 4.21. The second-order valence-electron chi connectivity index (χ2n) is 2.89. The van der Waals surface area contributed by atoms with Crippen LogP contribution in [0.25, 0.3) is 22.7 Å². The molecule has 0 saturated heterocycles. The highest BCUT2D eigenvalue weighted by Gasteiger charge is 2.10. The first kappa shape index (κ1) is 8.37. The number of halogens is 1. The van der Waals surface area contributed by atoms with Crippen molar-refractivity contribution in [1.29, 1.82) is 0 Å². The van der Waals surface area contributed by atoms with Crippen LogP contribution in [0, 0.1) is 0 Å². The third-order valence-electron chi connectivity index (χ3n) is 1.96. The Balaban J connectivity index is 2.29. The van der Waals surface area contributed by atoms with Crippen LogP contribution in [0.5, 0.6) is 0 Å². The first-order chi connectivity index (χ1) is 7.34. The van der Waals surface area contributed by atoms with E-state index in [1.54, 1.807) is 18.6 Å². The summed E-state index contributed by atoms with van der Waals surface area (Å²) in [6.45, 7) is 0. The van der Waals surface area contributed by atoms with Gasteiger partial charge in [-0.2, -0.15) is 5.10 Å². The van der Waals surface area contributed by atoms with Crippen molar-refractivity contribution in [3.05, 3.63) is 23.7 Å². The number of aromatic nitrogens is 6. The lowest BCUT2D eigenvalue weighted by Gasteiger charge is -1.96. The summed E-state index contributed by atoms with van der Waals surface area (Å²) in [5.41, 5.74) is 1.23. The maximum Gasteiger partial charge on any atom is 0.197 e. The highest BCUT2D eigenvalue weighted by molar-refractivity contribution is 6.33. The number of H-pyrrole nitrogens is 2. The van der Waals surface area contributed by atoms with Crippen LogP contribution < -0.4 is 0 Å². The largest absolute Gasteiger partial charge is 0.342 e. The molecule has 0 unspecified atom stereocenters. The van der Waals surface area contributed by atoms with Crippen molar-refractivity contribution in [2.45, 2.75) is 0 Å². The lowest BCUT2D eigenvalue weighted by molar-refractivity contribution is 1.11. The van der Waals surface area contributed by atoms with Gasteiger partial charge in [0.2, 0.25) is 0 Å². The molecule has 0 aliphatic heterocycles. The van der Waals surface area contributed by atoms with Gasteiger partial charge < -0.3 is 4.98 Å². The van der Waals surface area contributed by atoms with Gasteiger partial charge in [-0.05, 0) is 0 Å². The Bertz CT molecular complexity index is 599. The first-order valence-corrected chi connectivity index (χ1v) is 4.59. The van der Waals surface area contributed by atoms with Gasteiger partial charge in [-0.25, -0.2) is 15.0 Å². The van der Waals surface area contributed by atoms with Crippen LogP contribution in [-0.2, 0) is 0 Å². The van der Waals surface area contributed by atoms with Crippen molar-refractivity contribution in [3.63, 3.8) is 0 Å². The number of rotatable bonds is 1. The molecule has 0 aliphatic carbocycles. The van der Waals surface area contributed by atoms with Crippen LogP contribution in [0.1, 0.15) is 0 Å². The van der Waals surface area contributed by atoms with E-state index in [4.69, 9.17) is 11.6 Å². The van der Waals surface area contributed by atoms with Crippen LogP contribution in [0.15, 0.2) is 18.6 Å². The van der Waals surface area contributed by atoms with E-state index in [2.05, 4.69) is 30.1 Å². The van der Waals surface area contributed by atoms with Gasteiger partial charge in [-0.3, -0.25) is 5.10 Å². The lowest BCUT2D eigenvalue weighted by atomic mass is 10.4. The van der Waals surface area contributed by atoms with Crippen LogP contribution in [-0.4, -0.2) is 30.1 Å². The molecule has 0 saturated carbocycles. The van der Waals surface area contributed by atoms with Crippen molar-refractivity contribution < 1.29 is 0 Å². The van der Waals surface area contributed by atoms with Crippen LogP contribution in [0.3, 0.4) is 0 Å². The van der Waals surface area contributed by atoms with E-state index in [0.29, 0.717) is 27.8 Å². The predicted octanol–water partition coefficient (Wildman–Crippen LogP) is 1.40. The third-order valence-corrected chi connectivity index (χ3v) is 2.22. The minimum atomic E-state index is 0.313. The van der Waals surface area contributed by atoms with Crippen molar-refractivity contribution >= 4 is 22.6 Å². The van der Waals surface area contributed by atoms with Gasteiger partial charge in [0, 0.05) is 18.6 Å². The molecule has 0 atom stereocenters. The summed E-state index contributed by atoms with van der Waals surface area (Å²) in [7, 11) is 0. The second kappa shape index (κ2) is 3.03. The number of nitrogens with zero attached hydrogens (tertiary/aromatic N) is 4. The molecule has 0 radical (unpaired) electrons. The number of imidazole rings is 1. The maximum absolute atomic E-state index is 5.95. The Labute approximate surface area is 88.7 Å². The molecule has 3 rings (SSSR count). The summed E-state index contributed by atoms with van der Waals surface area (Å²) in [6.07, 6.45) is 4.99. The van der Waals surface area contributed by atoms with E-state index in [1.165, 1.54) is 0 Å². The summed E-state index contributed by atoms with van der Waals surface area (Å²) in [4.78, 5) is 15.3. The fourth-order valence-electron chi connectivity index (χ4n) is 1.30. The molecular weight excluding hydrogens is 216 g/mol. The van der Waals surface area contributed by atoms with E-state index in [1.807, 2.05) is 0 Å². The molecule has 3 aromatic rings. The Morgan fingerprint density at radius 2 is 2.20 bits per heavy atom. The SMILES string of the molecule is Clc1nc(-c2ncc[nH]2)nc2c[nH]nc12. The minimum Gasteiger partial charge on any atom is -0.342 e. The van der Waals surface area contributed by atoms with E-state index in [9.17, 15) is 0 Å². The molecule has 6 nitrogen and oxygen atoms in total. The molecule has 0 aliphatic rings. The smallest absolute Gasteiger partial charge is 0.197 e. The summed E-state index contributed by atoms with van der Waals surface area (Å²) in [5, 5.41) is 6.92. The average Bonchev–Trinajstić information content (AvgIpc) is 2.88. The minimum absolute atomic E-state index is 0.313. The molecule has 2 N–H and O–H groups in total. The zero-order valence-corrected chi connectivity index (χ0v) is 8.15. The zero-order chi connectivity index (χ0) is 10.3. The molecule has 3 aromatic heterocycles. The Morgan fingerprint density at radius 3 is 3.00 bits per heavy atom. The van der Waals surface area contributed by atoms with Gasteiger partial charge in [0.15, 0.2) is 16.8 Å². The van der Waals surface area contributed by atoms with Gasteiger partial charge in [0.05, 0.1) is 0 Å². The van der Waals surface area contributed by atoms with Crippen molar-refractivity contribution in [2.75, 3.05) is 0 Å².